The van der Waals surface area contributed by atoms with Crippen LogP contribution in [0.2, 0.25) is 0 Å². The van der Waals surface area contributed by atoms with Gasteiger partial charge in [-0.3, -0.25) is 14.2 Å². The number of benzene rings is 3. The number of nitrogens with one attached hydrogen (secondary N) is 2. The van der Waals surface area contributed by atoms with Crippen molar-refractivity contribution in [3.63, 3.8) is 0 Å². The monoisotopic (exact) mass is 379 g/mol. The SMILES string of the molecule is O=c1[nH]c2c3ccccc3ccc2n(-c2cccc(-c3nn[nH]n3)c2)c1=O.[Na]. The summed E-state index contributed by atoms with van der Waals surface area (Å²) in [4.78, 5) is 27.8. The van der Waals surface area contributed by atoms with Crippen molar-refractivity contribution in [2.75, 3.05) is 0 Å². The summed E-state index contributed by atoms with van der Waals surface area (Å²) in [5.74, 6) is 0.407. The fourth-order valence-electron chi connectivity index (χ4n) is 3.28. The van der Waals surface area contributed by atoms with Crippen LogP contribution in [0.3, 0.4) is 0 Å². The Balaban J connectivity index is 0.00000192. The van der Waals surface area contributed by atoms with Crippen molar-refractivity contribution in [1.29, 1.82) is 0 Å². The summed E-state index contributed by atoms with van der Waals surface area (Å²) in [6.45, 7) is 0. The first kappa shape index (κ1) is 18.3. The summed E-state index contributed by atoms with van der Waals surface area (Å²) in [6.07, 6.45) is 0. The first-order chi connectivity index (χ1) is 13.2. The quantitative estimate of drug-likeness (QED) is 0.275. The number of H-pyrrole nitrogens is 2. The number of fused-ring (bicyclic) bond motifs is 3. The topological polar surface area (TPSA) is 109 Å². The van der Waals surface area contributed by atoms with Crippen molar-refractivity contribution in [3.05, 3.63) is 81.4 Å². The Labute approximate surface area is 179 Å². The number of aromatic nitrogens is 6. The second-order valence-electron chi connectivity index (χ2n) is 6.06. The summed E-state index contributed by atoms with van der Waals surface area (Å²) >= 11 is 0. The minimum Gasteiger partial charge on any atom is -0.315 e. The summed E-state index contributed by atoms with van der Waals surface area (Å²) in [5.41, 5.74) is 1.13. The van der Waals surface area contributed by atoms with Crippen LogP contribution in [0.5, 0.6) is 0 Å². The zero-order valence-electron chi connectivity index (χ0n) is 14.9. The van der Waals surface area contributed by atoms with Crippen LogP contribution in [-0.4, -0.2) is 59.7 Å². The van der Waals surface area contributed by atoms with Gasteiger partial charge in [0.2, 0.25) is 5.82 Å². The molecule has 3 aromatic carbocycles. The Morgan fingerprint density at radius 2 is 1.79 bits per heavy atom. The van der Waals surface area contributed by atoms with Gasteiger partial charge >= 0.3 is 11.1 Å². The molecule has 1 radical (unpaired) electrons. The smallest absolute Gasteiger partial charge is 0.315 e. The van der Waals surface area contributed by atoms with E-state index in [-0.39, 0.29) is 29.6 Å². The standard InChI is InChI=1S/C19H12N6O2.Na/c26-18-19(27)25(13-6-3-5-12(10-13)17-21-23-24-22-17)15-9-8-11-4-1-2-7-14(11)16(15)20-18;/h1-10H,(H,20,26)(H,21,22,23,24);. The Morgan fingerprint density at radius 1 is 0.929 bits per heavy atom. The number of nitrogens with zero attached hydrogens (tertiary/aromatic N) is 4. The van der Waals surface area contributed by atoms with E-state index in [0.717, 1.165) is 10.8 Å². The Morgan fingerprint density at radius 3 is 2.61 bits per heavy atom. The molecule has 2 aromatic heterocycles. The second-order valence-corrected chi connectivity index (χ2v) is 6.06. The molecule has 0 bridgehead atoms. The van der Waals surface area contributed by atoms with Gasteiger partial charge in [-0.1, -0.05) is 42.5 Å². The van der Waals surface area contributed by atoms with Gasteiger partial charge < -0.3 is 4.98 Å². The molecule has 28 heavy (non-hydrogen) atoms. The van der Waals surface area contributed by atoms with Gasteiger partial charge in [-0.25, -0.2) is 0 Å². The molecule has 0 atom stereocenters. The van der Waals surface area contributed by atoms with Gasteiger partial charge in [-0.2, -0.15) is 5.21 Å². The third kappa shape index (κ3) is 2.88. The minimum atomic E-state index is -0.677. The molecule has 0 saturated carbocycles. The van der Waals surface area contributed by atoms with Crippen LogP contribution in [0, 0.1) is 0 Å². The molecule has 0 unspecified atom stereocenters. The average molecular weight is 379 g/mol. The zero-order valence-corrected chi connectivity index (χ0v) is 16.9. The zero-order chi connectivity index (χ0) is 18.4. The summed E-state index contributed by atoms with van der Waals surface area (Å²) in [6, 6.07) is 18.6. The molecule has 2 heterocycles. The van der Waals surface area contributed by atoms with Gasteiger partial charge in [0.1, 0.15) is 0 Å². The minimum absolute atomic E-state index is 0. The first-order valence-corrected chi connectivity index (χ1v) is 8.23. The Hall–Kier alpha value is -3.07. The van der Waals surface area contributed by atoms with Crippen LogP contribution >= 0.6 is 0 Å². The molecule has 8 nitrogen and oxygen atoms in total. The van der Waals surface area contributed by atoms with Crippen LogP contribution in [0.4, 0.5) is 0 Å². The number of aromatic amines is 2. The molecule has 131 valence electrons. The van der Waals surface area contributed by atoms with Crippen LogP contribution in [0.1, 0.15) is 0 Å². The van der Waals surface area contributed by atoms with Gasteiger partial charge in [0.15, 0.2) is 0 Å². The van der Waals surface area contributed by atoms with E-state index in [4.69, 9.17) is 0 Å². The van der Waals surface area contributed by atoms with Crippen LogP contribution in [0.15, 0.2) is 70.3 Å². The molecular weight excluding hydrogens is 367 g/mol. The molecule has 0 fully saturated rings. The number of tetrazole rings is 1. The van der Waals surface area contributed by atoms with E-state index in [1.54, 1.807) is 18.2 Å². The van der Waals surface area contributed by atoms with Gasteiger partial charge in [0, 0.05) is 40.5 Å². The fourth-order valence-corrected chi connectivity index (χ4v) is 3.28. The number of hydrogen-bond donors (Lipinski definition) is 2. The van der Waals surface area contributed by atoms with Crippen LogP contribution in [0.25, 0.3) is 38.9 Å². The van der Waals surface area contributed by atoms with Gasteiger partial charge in [0.05, 0.1) is 16.7 Å². The molecule has 0 aliphatic carbocycles. The first-order valence-electron chi connectivity index (χ1n) is 8.23. The van der Waals surface area contributed by atoms with Crippen LogP contribution < -0.4 is 11.1 Å². The third-order valence-electron chi connectivity index (χ3n) is 4.49. The molecule has 0 amide bonds. The van der Waals surface area contributed by atoms with E-state index in [0.29, 0.717) is 28.1 Å². The predicted octanol–water partition coefficient (Wildman–Crippen LogP) is 1.63. The van der Waals surface area contributed by atoms with Gasteiger partial charge in [-0.15, -0.1) is 10.2 Å². The molecule has 0 saturated heterocycles. The maximum Gasteiger partial charge on any atom is 0.321 e. The van der Waals surface area contributed by atoms with E-state index < -0.39 is 11.1 Å². The number of hydrogen-bond acceptors (Lipinski definition) is 5. The van der Waals surface area contributed by atoms with Crippen molar-refractivity contribution >= 4 is 51.4 Å². The Kier molecular flexibility index (Phi) is 4.68. The molecule has 9 heteroatoms. The molecule has 0 aliphatic heterocycles. The fraction of sp³-hybridized carbons (Fsp3) is 0. The maximum absolute atomic E-state index is 12.7. The average Bonchev–Trinajstić information content (AvgIpc) is 3.24. The molecule has 5 aromatic rings. The van der Waals surface area contributed by atoms with Crippen molar-refractivity contribution in [2.24, 2.45) is 0 Å². The van der Waals surface area contributed by atoms with E-state index in [9.17, 15) is 9.59 Å². The van der Waals surface area contributed by atoms with Crippen molar-refractivity contribution < 1.29 is 0 Å². The third-order valence-corrected chi connectivity index (χ3v) is 4.49. The molecule has 0 aliphatic rings. The normalized spacial score (nSPS) is 10.9. The molecular formula is C19H12N6NaO2. The van der Waals surface area contributed by atoms with Crippen LogP contribution in [-0.2, 0) is 0 Å². The van der Waals surface area contributed by atoms with E-state index in [1.807, 2.05) is 42.5 Å². The maximum atomic E-state index is 12.7. The van der Waals surface area contributed by atoms with E-state index >= 15 is 0 Å². The van der Waals surface area contributed by atoms with E-state index in [1.165, 1.54) is 4.57 Å². The van der Waals surface area contributed by atoms with E-state index in [2.05, 4.69) is 25.6 Å². The second kappa shape index (κ2) is 7.16. The van der Waals surface area contributed by atoms with Crippen molar-refractivity contribution in [3.8, 4) is 17.1 Å². The van der Waals surface area contributed by atoms with Crippen molar-refractivity contribution in [1.82, 2.24) is 30.2 Å². The molecule has 0 spiro atoms. The van der Waals surface area contributed by atoms with Gasteiger partial charge in [-0.05, 0) is 28.8 Å². The molecule has 5 rings (SSSR count). The predicted molar refractivity (Wildman–Crippen MR) is 107 cm³/mol. The number of rotatable bonds is 2. The Bertz CT molecular complexity index is 1420. The van der Waals surface area contributed by atoms with Gasteiger partial charge in [0.25, 0.3) is 0 Å². The van der Waals surface area contributed by atoms with Crippen molar-refractivity contribution in [2.45, 2.75) is 0 Å². The largest absolute Gasteiger partial charge is 0.321 e. The molecule has 2 N–H and O–H groups in total. The summed E-state index contributed by atoms with van der Waals surface area (Å²) in [7, 11) is 0. The summed E-state index contributed by atoms with van der Waals surface area (Å²) < 4.78 is 1.41. The summed E-state index contributed by atoms with van der Waals surface area (Å²) in [5, 5.41) is 15.7.